The molecule has 12 nitrogen and oxygen atoms in total. The van der Waals surface area contributed by atoms with Gasteiger partial charge in [-0.2, -0.15) is 5.10 Å². The van der Waals surface area contributed by atoms with E-state index in [2.05, 4.69) is 19.7 Å². The zero-order valence-electron chi connectivity index (χ0n) is 31.6. The average molecular weight is 837 g/mol. The molecule has 0 amide bonds. The van der Waals surface area contributed by atoms with E-state index in [0.29, 0.717) is 25.7 Å². The van der Waals surface area contributed by atoms with Crippen molar-refractivity contribution in [1.29, 1.82) is 0 Å². The Labute approximate surface area is 330 Å². The van der Waals surface area contributed by atoms with Crippen LogP contribution in [-0.2, 0) is 33.4 Å². The van der Waals surface area contributed by atoms with Gasteiger partial charge in [-0.1, -0.05) is 11.6 Å². The minimum Gasteiger partial charge on any atom is -0.373 e. The molecule has 57 heavy (non-hydrogen) atoms. The maximum atomic E-state index is 16.4. The van der Waals surface area contributed by atoms with Crippen molar-refractivity contribution in [3.8, 4) is 5.69 Å². The van der Waals surface area contributed by atoms with Gasteiger partial charge in [0.25, 0.3) is 5.56 Å². The number of nitrogens with two attached hydrogens (primary N) is 1. The Morgan fingerprint density at radius 1 is 0.982 bits per heavy atom. The highest BCUT2D eigenvalue weighted by Gasteiger charge is 2.46. The SMILES string of the molecule is Cc1cc(C2(F)CCC(F)(F)CC2)nc2nc([C@@H](N)Cc3cc(F)cc(F)c3)n(-c3ccc(Cl)c4c(NS(C)(=O)=O)nn(CCN5C[C@@H](C)O[C@@H](C)C5)c34)c(=O)c12. The molecule has 0 radical (unpaired) electrons. The molecule has 5 aromatic rings. The Hall–Kier alpha value is -4.23. The number of morpholine rings is 1. The Morgan fingerprint density at radius 2 is 1.63 bits per heavy atom. The molecular weight excluding hydrogens is 795 g/mol. The van der Waals surface area contributed by atoms with Gasteiger partial charge in [-0.15, -0.1) is 0 Å². The van der Waals surface area contributed by atoms with Crippen LogP contribution in [0.2, 0.25) is 5.02 Å². The van der Waals surface area contributed by atoms with Gasteiger partial charge in [0.1, 0.15) is 17.5 Å². The third-order valence-corrected chi connectivity index (χ3v) is 11.4. The van der Waals surface area contributed by atoms with Crippen LogP contribution < -0.4 is 16.0 Å². The number of halogens is 6. The number of rotatable bonds is 10. The van der Waals surface area contributed by atoms with Crippen molar-refractivity contribution in [2.75, 3.05) is 30.6 Å². The molecule has 1 saturated heterocycles. The quantitative estimate of drug-likeness (QED) is 0.151. The first-order valence-corrected chi connectivity index (χ1v) is 20.7. The molecule has 306 valence electrons. The fourth-order valence-corrected chi connectivity index (χ4v) is 8.72. The fourth-order valence-electron chi connectivity index (χ4n) is 7.98. The topological polar surface area (TPSA) is 150 Å². The van der Waals surface area contributed by atoms with Crippen molar-refractivity contribution < 1.29 is 35.1 Å². The fraction of sp³-hybridized carbons (Fsp3) is 0.474. The molecule has 3 aromatic heterocycles. The number of ether oxygens (including phenoxy) is 1. The Bertz CT molecular complexity index is 2510. The van der Waals surface area contributed by atoms with Crippen molar-refractivity contribution in [3.63, 3.8) is 0 Å². The number of aryl methyl sites for hydroxylation is 1. The third-order valence-electron chi connectivity index (χ3n) is 10.5. The number of fused-ring (bicyclic) bond motifs is 2. The number of nitrogens with zero attached hydrogens (tertiary/aromatic N) is 6. The number of sulfonamides is 1. The summed E-state index contributed by atoms with van der Waals surface area (Å²) in [6.07, 6.45) is -1.71. The first-order valence-electron chi connectivity index (χ1n) is 18.5. The van der Waals surface area contributed by atoms with E-state index in [0.717, 1.165) is 18.4 Å². The van der Waals surface area contributed by atoms with Crippen molar-refractivity contribution in [2.24, 2.45) is 5.73 Å². The maximum absolute atomic E-state index is 16.4. The normalized spacial score (nSPS) is 20.6. The van der Waals surface area contributed by atoms with Crippen LogP contribution in [0.3, 0.4) is 0 Å². The van der Waals surface area contributed by atoms with E-state index in [1.165, 1.54) is 27.4 Å². The summed E-state index contributed by atoms with van der Waals surface area (Å²) < 4.78 is 109. The molecule has 0 bridgehead atoms. The first kappa shape index (κ1) is 40.9. The number of hydrogen-bond donors (Lipinski definition) is 2. The van der Waals surface area contributed by atoms with Gasteiger partial charge in [0.15, 0.2) is 17.1 Å². The number of alkyl halides is 3. The van der Waals surface area contributed by atoms with Crippen LogP contribution in [0.4, 0.5) is 27.8 Å². The monoisotopic (exact) mass is 836 g/mol. The van der Waals surface area contributed by atoms with E-state index in [1.807, 2.05) is 13.8 Å². The predicted octanol–water partition coefficient (Wildman–Crippen LogP) is 6.47. The van der Waals surface area contributed by atoms with Crippen LogP contribution in [0.15, 0.2) is 41.2 Å². The molecular formula is C38H42ClF5N8O4S. The zero-order chi connectivity index (χ0) is 41.2. The van der Waals surface area contributed by atoms with Crippen LogP contribution >= 0.6 is 11.6 Å². The van der Waals surface area contributed by atoms with E-state index in [-0.39, 0.29) is 86.3 Å². The van der Waals surface area contributed by atoms with Crippen molar-refractivity contribution in [1.82, 2.24) is 29.2 Å². The van der Waals surface area contributed by atoms with Crippen LogP contribution in [0.1, 0.15) is 68.2 Å². The number of anilines is 1. The lowest BCUT2D eigenvalue weighted by Crippen LogP contribution is -2.46. The van der Waals surface area contributed by atoms with E-state index < -0.39 is 70.5 Å². The van der Waals surface area contributed by atoms with Gasteiger partial charge in [-0.05, 0) is 81.5 Å². The van der Waals surface area contributed by atoms with Crippen LogP contribution in [0.25, 0.3) is 27.6 Å². The largest absolute Gasteiger partial charge is 0.373 e. The maximum Gasteiger partial charge on any atom is 0.268 e. The Balaban J connectivity index is 1.46. The van der Waals surface area contributed by atoms with E-state index in [4.69, 9.17) is 27.1 Å². The number of nitrogens with one attached hydrogen (secondary N) is 1. The summed E-state index contributed by atoms with van der Waals surface area (Å²) in [6.45, 7) is 7.37. The summed E-state index contributed by atoms with van der Waals surface area (Å²) in [7, 11) is -3.88. The van der Waals surface area contributed by atoms with Gasteiger partial charge in [-0.3, -0.25) is 23.7 Å². The highest BCUT2D eigenvalue weighted by Crippen LogP contribution is 2.46. The van der Waals surface area contributed by atoms with Crippen molar-refractivity contribution in [3.05, 3.63) is 86.1 Å². The third kappa shape index (κ3) is 8.51. The number of hydrogen-bond acceptors (Lipinski definition) is 9. The van der Waals surface area contributed by atoms with Crippen LogP contribution in [0.5, 0.6) is 0 Å². The second-order valence-corrected chi connectivity index (χ2v) is 17.5. The minimum absolute atomic E-state index is 0.0313. The van der Waals surface area contributed by atoms with Gasteiger partial charge in [0.2, 0.25) is 15.9 Å². The minimum atomic E-state index is -3.88. The van der Waals surface area contributed by atoms with E-state index in [1.54, 1.807) is 6.92 Å². The molecule has 3 N–H and O–H groups in total. The summed E-state index contributed by atoms with van der Waals surface area (Å²) in [6, 6.07) is 5.97. The molecule has 0 unspecified atom stereocenters. The number of pyridine rings is 1. The van der Waals surface area contributed by atoms with Crippen molar-refractivity contribution in [2.45, 2.75) is 89.3 Å². The molecule has 7 rings (SSSR count). The summed E-state index contributed by atoms with van der Waals surface area (Å²) in [5.74, 6) is -4.97. The average Bonchev–Trinajstić information content (AvgIpc) is 3.45. The van der Waals surface area contributed by atoms with Crippen LogP contribution in [0, 0.1) is 18.6 Å². The van der Waals surface area contributed by atoms with E-state index >= 15 is 4.39 Å². The van der Waals surface area contributed by atoms with Crippen molar-refractivity contribution >= 4 is 49.4 Å². The zero-order valence-corrected chi connectivity index (χ0v) is 33.2. The molecule has 2 aliphatic rings. The molecule has 1 aliphatic heterocycles. The highest BCUT2D eigenvalue weighted by atomic mass is 35.5. The molecule has 1 saturated carbocycles. The smallest absolute Gasteiger partial charge is 0.268 e. The molecule has 3 atom stereocenters. The second kappa shape index (κ2) is 15.2. The van der Waals surface area contributed by atoms with Gasteiger partial charge in [0.05, 0.1) is 63.7 Å². The number of benzene rings is 2. The van der Waals surface area contributed by atoms with Gasteiger partial charge in [0, 0.05) is 38.5 Å². The predicted molar refractivity (Wildman–Crippen MR) is 206 cm³/mol. The second-order valence-electron chi connectivity index (χ2n) is 15.3. The summed E-state index contributed by atoms with van der Waals surface area (Å²) in [5, 5.41) is 4.87. The molecule has 2 fully saturated rings. The first-order chi connectivity index (χ1) is 26.7. The highest BCUT2D eigenvalue weighted by molar-refractivity contribution is 7.92. The van der Waals surface area contributed by atoms with Gasteiger partial charge >= 0.3 is 0 Å². The van der Waals surface area contributed by atoms with Gasteiger partial charge < -0.3 is 10.5 Å². The standard InChI is InChI=1S/C38H42ClF5N8O4S/c1-20-13-29(37(42)7-9-38(43,44)10-8-37)46-33-30(20)36(53)52(35(47-33)27(45)16-23-14-24(40)17-25(41)15-23)28-6-5-26(39)31-32(28)51(48-34(31)49-57(4,54)55)12-11-50-18-21(2)56-22(3)19-50/h5-6,13-15,17,21-22,27H,7-12,16,18-19,45H2,1-4H3,(H,48,49)/t21-,22+,27-/m0/s1. The summed E-state index contributed by atoms with van der Waals surface area (Å²) in [5.41, 5.74) is 4.27. The lowest BCUT2D eigenvalue weighted by atomic mass is 9.81. The summed E-state index contributed by atoms with van der Waals surface area (Å²) in [4.78, 5) is 26.3. The van der Waals surface area contributed by atoms with E-state index in [9.17, 15) is 30.8 Å². The Morgan fingerprint density at radius 3 is 2.26 bits per heavy atom. The summed E-state index contributed by atoms with van der Waals surface area (Å²) >= 11 is 6.77. The lowest BCUT2D eigenvalue weighted by molar-refractivity contribution is -0.0784. The molecule has 2 aromatic carbocycles. The van der Waals surface area contributed by atoms with Crippen LogP contribution in [-0.4, -0.2) is 81.7 Å². The molecule has 19 heteroatoms. The lowest BCUT2D eigenvalue weighted by Gasteiger charge is -2.35. The molecule has 4 heterocycles. The van der Waals surface area contributed by atoms with Gasteiger partial charge in [-0.25, -0.2) is 40.3 Å². The molecule has 1 aliphatic carbocycles. The molecule has 0 spiro atoms. The number of aromatic nitrogens is 5. The Kier molecular flexibility index (Phi) is 10.9.